The summed E-state index contributed by atoms with van der Waals surface area (Å²) in [4.78, 5) is 24.9. The number of hydrogen-bond donors (Lipinski definition) is 1. The van der Waals surface area contributed by atoms with Crippen LogP contribution in [0.15, 0.2) is 90.0 Å². The van der Waals surface area contributed by atoms with E-state index >= 15 is 0 Å². The van der Waals surface area contributed by atoms with Crippen LogP contribution in [-0.4, -0.2) is 31.8 Å². The van der Waals surface area contributed by atoms with Crippen molar-refractivity contribution in [3.05, 3.63) is 101 Å². The number of halogens is 1. The van der Waals surface area contributed by atoms with Crippen molar-refractivity contribution in [2.24, 2.45) is 5.10 Å². The molecule has 1 amide bonds. The summed E-state index contributed by atoms with van der Waals surface area (Å²) in [6, 6.07) is 24.6. The minimum Gasteiger partial charge on any atom is -0.497 e. The van der Waals surface area contributed by atoms with E-state index in [1.54, 1.807) is 61.7 Å². The van der Waals surface area contributed by atoms with Crippen LogP contribution in [0.3, 0.4) is 0 Å². The lowest BCUT2D eigenvalue weighted by atomic mass is 10.0. The number of rotatable bonds is 8. The van der Waals surface area contributed by atoms with Crippen molar-refractivity contribution in [1.82, 2.24) is 5.43 Å². The quantitative estimate of drug-likeness (QED) is 0.158. The van der Waals surface area contributed by atoms with Crippen LogP contribution in [-0.2, 0) is 4.79 Å². The van der Waals surface area contributed by atoms with Gasteiger partial charge in [0.05, 0.1) is 23.9 Å². The molecule has 0 saturated heterocycles. The first-order chi connectivity index (χ1) is 17.0. The maximum Gasteiger partial charge on any atom is 0.343 e. The molecule has 0 aliphatic heterocycles. The fourth-order valence-electron chi connectivity index (χ4n) is 3.29. The third-order valence-electron chi connectivity index (χ3n) is 5.04. The predicted molar refractivity (Wildman–Crippen MR) is 135 cm³/mol. The second kappa shape index (κ2) is 11.2. The topological polar surface area (TPSA) is 86.2 Å². The number of nitrogens with zero attached hydrogens (tertiary/aromatic N) is 1. The Bertz CT molecular complexity index is 1390. The van der Waals surface area contributed by atoms with E-state index in [0.717, 1.165) is 10.8 Å². The zero-order valence-electron chi connectivity index (χ0n) is 18.7. The van der Waals surface area contributed by atoms with Crippen LogP contribution in [0.5, 0.6) is 17.2 Å². The van der Waals surface area contributed by atoms with Crippen molar-refractivity contribution < 1.29 is 23.8 Å². The lowest BCUT2D eigenvalue weighted by Gasteiger charge is -2.11. The van der Waals surface area contributed by atoms with Gasteiger partial charge in [-0.1, -0.05) is 54.1 Å². The minimum absolute atomic E-state index is 0.268. The second-order valence-electron chi connectivity index (χ2n) is 7.33. The summed E-state index contributed by atoms with van der Waals surface area (Å²) >= 11 is 6.03. The maximum atomic E-state index is 12.7. The largest absolute Gasteiger partial charge is 0.497 e. The summed E-state index contributed by atoms with van der Waals surface area (Å²) in [6.07, 6.45) is 1.44. The van der Waals surface area contributed by atoms with Gasteiger partial charge in [-0.05, 0) is 53.2 Å². The standard InChI is InChI=1S/C27H21ClN2O5/c1-33-20-13-10-19(11-14-20)27(32)35-24-15-12-18-6-2-3-7-21(18)22(24)16-29-30-26(31)17-34-25-9-5-4-8-23(25)28/h2-16H,17H2,1H3,(H,30,31)/b29-16+. The lowest BCUT2D eigenvalue weighted by molar-refractivity contribution is -0.123. The number of para-hydroxylation sites is 1. The zero-order chi connectivity index (χ0) is 24.6. The highest BCUT2D eigenvalue weighted by atomic mass is 35.5. The summed E-state index contributed by atoms with van der Waals surface area (Å²) in [5.74, 6) is 0.326. The van der Waals surface area contributed by atoms with Crippen LogP contribution in [0.4, 0.5) is 0 Å². The van der Waals surface area contributed by atoms with Gasteiger partial charge < -0.3 is 14.2 Å². The van der Waals surface area contributed by atoms with Crippen molar-refractivity contribution in [2.45, 2.75) is 0 Å². The molecule has 176 valence electrons. The number of methoxy groups -OCH3 is 1. The highest BCUT2D eigenvalue weighted by molar-refractivity contribution is 6.32. The monoisotopic (exact) mass is 488 g/mol. The van der Waals surface area contributed by atoms with Crippen LogP contribution in [0, 0.1) is 0 Å². The normalized spacial score (nSPS) is 10.8. The van der Waals surface area contributed by atoms with Crippen LogP contribution in [0.25, 0.3) is 10.8 Å². The van der Waals surface area contributed by atoms with Gasteiger partial charge >= 0.3 is 5.97 Å². The molecule has 4 aromatic carbocycles. The summed E-state index contributed by atoms with van der Waals surface area (Å²) in [5.41, 5.74) is 3.33. The Morgan fingerprint density at radius 3 is 2.43 bits per heavy atom. The number of ether oxygens (including phenoxy) is 3. The molecule has 0 aliphatic carbocycles. The first kappa shape index (κ1) is 23.8. The average Bonchev–Trinajstić information content (AvgIpc) is 2.89. The molecular formula is C27H21ClN2O5. The number of hydrogen-bond acceptors (Lipinski definition) is 6. The van der Waals surface area contributed by atoms with Gasteiger partial charge in [0.2, 0.25) is 0 Å². The molecule has 0 heterocycles. The number of esters is 1. The summed E-state index contributed by atoms with van der Waals surface area (Å²) in [6.45, 7) is -0.268. The van der Waals surface area contributed by atoms with Crippen LogP contribution >= 0.6 is 11.6 Å². The number of fused-ring (bicyclic) bond motifs is 1. The molecule has 8 heteroatoms. The van der Waals surface area contributed by atoms with Crippen LogP contribution in [0.1, 0.15) is 15.9 Å². The molecule has 4 aromatic rings. The average molecular weight is 489 g/mol. The molecule has 0 saturated carbocycles. The van der Waals surface area contributed by atoms with E-state index < -0.39 is 11.9 Å². The van der Waals surface area contributed by atoms with Crippen LogP contribution < -0.4 is 19.6 Å². The fraction of sp³-hybridized carbons (Fsp3) is 0.0741. The van der Waals surface area contributed by atoms with E-state index in [4.69, 9.17) is 25.8 Å². The Balaban J connectivity index is 1.50. The van der Waals surface area contributed by atoms with Gasteiger partial charge in [-0.25, -0.2) is 10.2 Å². The van der Waals surface area contributed by atoms with E-state index in [1.165, 1.54) is 6.21 Å². The van der Waals surface area contributed by atoms with E-state index in [0.29, 0.717) is 33.4 Å². The highest BCUT2D eigenvalue weighted by Crippen LogP contribution is 2.28. The molecule has 7 nitrogen and oxygen atoms in total. The van der Waals surface area contributed by atoms with Gasteiger partial charge in [0, 0.05) is 5.56 Å². The van der Waals surface area contributed by atoms with E-state index in [1.807, 2.05) is 30.3 Å². The Morgan fingerprint density at radius 1 is 0.914 bits per heavy atom. The number of hydrazone groups is 1. The molecule has 0 fully saturated rings. The van der Waals surface area contributed by atoms with Gasteiger partial charge in [-0.2, -0.15) is 5.10 Å². The summed E-state index contributed by atoms with van der Waals surface area (Å²) in [5, 5.41) is 6.18. The van der Waals surface area contributed by atoms with E-state index in [9.17, 15) is 9.59 Å². The molecule has 0 aliphatic rings. The molecule has 1 N–H and O–H groups in total. The number of benzene rings is 4. The molecule has 0 bridgehead atoms. The molecule has 35 heavy (non-hydrogen) atoms. The SMILES string of the molecule is COc1ccc(C(=O)Oc2ccc3ccccc3c2/C=N/NC(=O)COc2ccccc2Cl)cc1. The Labute approximate surface area is 206 Å². The predicted octanol–water partition coefficient (Wildman–Crippen LogP) is 5.25. The number of nitrogens with one attached hydrogen (secondary N) is 1. The van der Waals surface area contributed by atoms with Gasteiger partial charge in [0.15, 0.2) is 6.61 Å². The van der Waals surface area contributed by atoms with Gasteiger partial charge in [0.25, 0.3) is 5.91 Å². The fourth-order valence-corrected chi connectivity index (χ4v) is 3.48. The van der Waals surface area contributed by atoms with Gasteiger partial charge in [-0.15, -0.1) is 0 Å². The third-order valence-corrected chi connectivity index (χ3v) is 5.35. The number of amides is 1. The zero-order valence-corrected chi connectivity index (χ0v) is 19.5. The second-order valence-corrected chi connectivity index (χ2v) is 7.74. The van der Waals surface area contributed by atoms with Crippen molar-refractivity contribution in [1.29, 1.82) is 0 Å². The molecule has 0 unspecified atom stereocenters. The third kappa shape index (κ3) is 5.96. The molecular weight excluding hydrogens is 468 g/mol. The number of carbonyl (C=O) groups excluding carboxylic acids is 2. The molecule has 0 spiro atoms. The Hall–Kier alpha value is -4.36. The van der Waals surface area contributed by atoms with Crippen molar-refractivity contribution in [2.75, 3.05) is 13.7 Å². The minimum atomic E-state index is -0.533. The maximum absolute atomic E-state index is 12.7. The van der Waals surface area contributed by atoms with Gasteiger partial charge in [-0.3, -0.25) is 4.79 Å². The Kier molecular flexibility index (Phi) is 7.60. The van der Waals surface area contributed by atoms with Crippen molar-refractivity contribution in [3.63, 3.8) is 0 Å². The molecule has 0 radical (unpaired) electrons. The highest BCUT2D eigenvalue weighted by Gasteiger charge is 2.14. The van der Waals surface area contributed by atoms with Gasteiger partial charge in [0.1, 0.15) is 17.2 Å². The van der Waals surface area contributed by atoms with Crippen molar-refractivity contribution >= 4 is 40.5 Å². The van der Waals surface area contributed by atoms with E-state index in [2.05, 4.69) is 10.5 Å². The van der Waals surface area contributed by atoms with E-state index in [-0.39, 0.29) is 6.61 Å². The van der Waals surface area contributed by atoms with Crippen molar-refractivity contribution in [3.8, 4) is 17.2 Å². The van der Waals surface area contributed by atoms with Crippen LogP contribution in [0.2, 0.25) is 5.02 Å². The Morgan fingerprint density at radius 2 is 1.66 bits per heavy atom. The first-order valence-corrected chi connectivity index (χ1v) is 11.0. The number of carbonyl (C=O) groups is 2. The first-order valence-electron chi connectivity index (χ1n) is 10.6. The summed E-state index contributed by atoms with van der Waals surface area (Å²) < 4.78 is 16.2. The molecule has 0 atom stereocenters. The molecule has 4 rings (SSSR count). The smallest absolute Gasteiger partial charge is 0.343 e. The lowest BCUT2D eigenvalue weighted by Crippen LogP contribution is -2.24. The summed E-state index contributed by atoms with van der Waals surface area (Å²) in [7, 11) is 1.55. The molecule has 0 aromatic heterocycles.